The largest absolute Gasteiger partial charge is 0.497 e. The van der Waals surface area contributed by atoms with Crippen molar-refractivity contribution in [2.45, 2.75) is 58.3 Å². The molecule has 5 rings (SSSR count). The van der Waals surface area contributed by atoms with Crippen molar-refractivity contribution in [3.8, 4) is 11.5 Å². The van der Waals surface area contributed by atoms with Gasteiger partial charge in [-0.25, -0.2) is 5.43 Å². The molecule has 7 heteroatoms. The van der Waals surface area contributed by atoms with Crippen molar-refractivity contribution >= 4 is 23.2 Å². The van der Waals surface area contributed by atoms with E-state index in [0.717, 1.165) is 43.6 Å². The first kappa shape index (κ1) is 24.3. The molecule has 0 unspecified atom stereocenters. The minimum absolute atomic E-state index is 0.0377. The Kier molecular flexibility index (Phi) is 6.73. The summed E-state index contributed by atoms with van der Waals surface area (Å²) in [5, 5.41) is 7.13. The van der Waals surface area contributed by atoms with Gasteiger partial charge in [0.15, 0.2) is 0 Å². The molecule has 2 N–H and O–H groups in total. The van der Waals surface area contributed by atoms with Gasteiger partial charge in [-0.1, -0.05) is 13.0 Å². The molecule has 2 saturated carbocycles. The van der Waals surface area contributed by atoms with Gasteiger partial charge in [-0.15, -0.1) is 0 Å². The number of methoxy groups -OCH3 is 1. The molecule has 0 bridgehead atoms. The van der Waals surface area contributed by atoms with Crippen LogP contribution >= 0.6 is 0 Å². The van der Waals surface area contributed by atoms with Gasteiger partial charge in [0.25, 0.3) is 0 Å². The number of nitrogens with one attached hydrogen (secondary N) is 2. The zero-order valence-corrected chi connectivity index (χ0v) is 21.3. The molecule has 0 radical (unpaired) electrons. The molecule has 7 nitrogen and oxygen atoms in total. The molecule has 0 aromatic heterocycles. The number of hydrogen-bond acceptors (Lipinski definition) is 5. The number of rotatable bonds is 5. The zero-order valence-electron chi connectivity index (χ0n) is 21.3. The van der Waals surface area contributed by atoms with E-state index in [1.54, 1.807) is 31.4 Å². The van der Waals surface area contributed by atoms with Gasteiger partial charge in [-0.3, -0.25) is 9.59 Å². The number of amides is 2. The summed E-state index contributed by atoms with van der Waals surface area (Å²) in [6.45, 7) is 4.78. The number of ether oxygens (including phenoxy) is 2. The number of hydrazone groups is 1. The Morgan fingerprint density at radius 1 is 1.03 bits per heavy atom. The van der Waals surface area contributed by atoms with E-state index < -0.39 is 11.8 Å². The molecule has 0 aliphatic heterocycles. The van der Waals surface area contributed by atoms with Crippen LogP contribution in [0.2, 0.25) is 0 Å². The van der Waals surface area contributed by atoms with Crippen LogP contribution in [0.25, 0.3) is 0 Å². The lowest BCUT2D eigenvalue weighted by Gasteiger charge is -2.49. The summed E-state index contributed by atoms with van der Waals surface area (Å²) in [5.74, 6) is 1.91. The molecule has 0 spiro atoms. The van der Waals surface area contributed by atoms with Gasteiger partial charge >= 0.3 is 11.8 Å². The Morgan fingerprint density at radius 2 is 1.81 bits per heavy atom. The van der Waals surface area contributed by atoms with Gasteiger partial charge in [0.1, 0.15) is 11.5 Å². The maximum absolute atomic E-state index is 12.5. The smallest absolute Gasteiger partial charge is 0.329 e. The summed E-state index contributed by atoms with van der Waals surface area (Å²) < 4.78 is 10.8. The Bertz CT molecular complexity index is 1180. The van der Waals surface area contributed by atoms with Crippen molar-refractivity contribution in [2.24, 2.45) is 22.4 Å². The van der Waals surface area contributed by atoms with Crippen LogP contribution in [0.3, 0.4) is 0 Å². The molecule has 3 aliphatic rings. The van der Waals surface area contributed by atoms with Gasteiger partial charge in [-0.05, 0) is 111 Å². The number of carbonyl (C=O) groups excluding carboxylic acids is 2. The maximum Gasteiger partial charge on any atom is 0.329 e. The minimum atomic E-state index is -0.752. The number of anilines is 1. The molecule has 3 aliphatic carbocycles. The second-order valence-corrected chi connectivity index (χ2v) is 10.4. The van der Waals surface area contributed by atoms with E-state index in [4.69, 9.17) is 9.47 Å². The van der Waals surface area contributed by atoms with Crippen LogP contribution in [-0.4, -0.2) is 31.2 Å². The Labute approximate surface area is 212 Å². The summed E-state index contributed by atoms with van der Waals surface area (Å²) in [6.07, 6.45) is 6.35. The highest BCUT2D eigenvalue weighted by Gasteiger charge is 2.53. The Morgan fingerprint density at radius 3 is 2.56 bits per heavy atom. The van der Waals surface area contributed by atoms with E-state index in [9.17, 15) is 9.59 Å². The molecule has 2 amide bonds. The van der Waals surface area contributed by atoms with Crippen LogP contribution in [0.5, 0.6) is 11.5 Å². The molecule has 190 valence electrons. The summed E-state index contributed by atoms with van der Waals surface area (Å²) in [6, 6.07) is 13.5. The Hall–Kier alpha value is -3.35. The monoisotopic (exact) mass is 489 g/mol. The first-order valence-electron chi connectivity index (χ1n) is 13.0. The molecule has 0 saturated heterocycles. The molecule has 36 heavy (non-hydrogen) atoms. The standard InChI is InChI=1S/C29H35N3O4/c1-4-36-20-8-6-19(7-9-20)30-27(33)28(34)32-31-26-14-13-25-24-11-5-18-17-21(35-3)10-12-22(18)23(24)15-16-29(25,26)2/h6-10,12,17,23-25H,4-5,11,13-16H2,1-3H3,(H,30,33)(H,32,34)/b31-26-/t23-,24+,25+,29+/m0/s1. The first-order valence-corrected chi connectivity index (χ1v) is 13.0. The van der Waals surface area contributed by atoms with Crippen molar-refractivity contribution in [1.29, 1.82) is 0 Å². The number of carbonyl (C=O) groups is 2. The zero-order chi connectivity index (χ0) is 25.3. The third kappa shape index (κ3) is 4.47. The van der Waals surface area contributed by atoms with Gasteiger partial charge in [-0.2, -0.15) is 5.10 Å². The third-order valence-electron chi connectivity index (χ3n) is 8.60. The topological polar surface area (TPSA) is 89.0 Å². The van der Waals surface area contributed by atoms with Crippen molar-refractivity contribution in [3.63, 3.8) is 0 Å². The summed E-state index contributed by atoms with van der Waals surface area (Å²) in [4.78, 5) is 24.9. The molecule has 4 atom stereocenters. The quantitative estimate of drug-likeness (QED) is 0.454. The van der Waals surface area contributed by atoms with Gasteiger partial charge < -0.3 is 14.8 Å². The third-order valence-corrected chi connectivity index (χ3v) is 8.60. The van der Waals surface area contributed by atoms with E-state index >= 15 is 0 Å². The molecule has 0 heterocycles. The molecule has 2 fully saturated rings. The van der Waals surface area contributed by atoms with Crippen molar-refractivity contribution < 1.29 is 19.1 Å². The number of aryl methyl sites for hydroxylation is 1. The van der Waals surface area contributed by atoms with Crippen LogP contribution in [0.15, 0.2) is 47.6 Å². The van der Waals surface area contributed by atoms with E-state index in [1.165, 1.54) is 17.5 Å². The average molecular weight is 490 g/mol. The summed E-state index contributed by atoms with van der Waals surface area (Å²) in [5.41, 5.74) is 6.97. The van der Waals surface area contributed by atoms with Gasteiger partial charge in [0, 0.05) is 16.8 Å². The van der Waals surface area contributed by atoms with E-state index in [-0.39, 0.29) is 5.41 Å². The van der Waals surface area contributed by atoms with Crippen LogP contribution in [0.1, 0.15) is 63.0 Å². The molecule has 2 aromatic rings. The predicted molar refractivity (Wildman–Crippen MR) is 139 cm³/mol. The normalized spacial score (nSPS) is 27.4. The van der Waals surface area contributed by atoms with Crippen molar-refractivity contribution in [3.05, 3.63) is 53.6 Å². The second kappa shape index (κ2) is 9.96. The van der Waals surface area contributed by atoms with E-state index in [0.29, 0.717) is 35.8 Å². The highest BCUT2D eigenvalue weighted by atomic mass is 16.5. The van der Waals surface area contributed by atoms with Gasteiger partial charge in [0.2, 0.25) is 0 Å². The highest BCUT2D eigenvalue weighted by Crippen LogP contribution is 2.59. The van der Waals surface area contributed by atoms with Crippen molar-refractivity contribution in [1.82, 2.24) is 5.43 Å². The van der Waals surface area contributed by atoms with Gasteiger partial charge in [0.05, 0.1) is 13.7 Å². The summed E-state index contributed by atoms with van der Waals surface area (Å²) in [7, 11) is 1.72. The van der Waals surface area contributed by atoms with Crippen LogP contribution in [-0.2, 0) is 16.0 Å². The maximum atomic E-state index is 12.5. The number of hydrogen-bond donors (Lipinski definition) is 2. The predicted octanol–water partition coefficient (Wildman–Crippen LogP) is 5.06. The average Bonchev–Trinajstić information content (AvgIpc) is 3.24. The SMILES string of the molecule is CCOc1ccc(NC(=O)C(=O)N/N=C2/CC[C@@H]3[C@@H]4CCc5cc(OC)ccc5[C@@H]4CC[C@@]23C)cc1. The number of benzene rings is 2. The lowest BCUT2D eigenvalue weighted by atomic mass is 9.55. The number of fused-ring (bicyclic) bond motifs is 5. The molecular weight excluding hydrogens is 454 g/mol. The van der Waals surface area contributed by atoms with E-state index in [1.807, 2.05) is 6.92 Å². The van der Waals surface area contributed by atoms with Crippen molar-refractivity contribution in [2.75, 3.05) is 19.0 Å². The first-order chi connectivity index (χ1) is 17.4. The van der Waals surface area contributed by atoms with Crippen LogP contribution in [0, 0.1) is 17.3 Å². The molecule has 2 aromatic carbocycles. The Balaban J connectivity index is 1.23. The summed E-state index contributed by atoms with van der Waals surface area (Å²) >= 11 is 0. The molecular formula is C29H35N3O4. The van der Waals surface area contributed by atoms with E-state index in [2.05, 4.69) is 41.0 Å². The fourth-order valence-electron chi connectivity index (χ4n) is 6.82. The fraction of sp³-hybridized carbons (Fsp3) is 0.483. The van der Waals surface area contributed by atoms with Crippen LogP contribution in [0.4, 0.5) is 5.69 Å². The second-order valence-electron chi connectivity index (χ2n) is 10.4. The number of nitrogens with zero attached hydrogens (tertiary/aromatic N) is 1. The van der Waals surface area contributed by atoms with Crippen LogP contribution < -0.4 is 20.2 Å². The fourth-order valence-corrected chi connectivity index (χ4v) is 6.82. The lowest BCUT2D eigenvalue weighted by molar-refractivity contribution is -0.136. The lowest BCUT2D eigenvalue weighted by Crippen LogP contribution is -2.43. The minimum Gasteiger partial charge on any atom is -0.497 e. The highest BCUT2D eigenvalue weighted by molar-refractivity contribution is 6.39.